The zero-order valence-corrected chi connectivity index (χ0v) is 17.6. The lowest BCUT2D eigenvalue weighted by atomic mass is 9.95. The fourth-order valence-electron chi connectivity index (χ4n) is 3.76. The first-order valence-corrected chi connectivity index (χ1v) is 10.3. The lowest BCUT2D eigenvalue weighted by Gasteiger charge is -2.20. The maximum atomic E-state index is 13.1. The number of nitrogens with zero attached hydrogens (tertiary/aromatic N) is 4. The average molecular weight is 419 g/mol. The molecule has 0 spiro atoms. The van der Waals surface area contributed by atoms with Gasteiger partial charge in [-0.1, -0.05) is 0 Å². The summed E-state index contributed by atoms with van der Waals surface area (Å²) in [6, 6.07) is 5.55. The van der Waals surface area contributed by atoms with Crippen LogP contribution in [0.5, 0.6) is 0 Å². The van der Waals surface area contributed by atoms with Crippen molar-refractivity contribution >= 4 is 5.91 Å². The first-order valence-electron chi connectivity index (χ1n) is 10.3. The Kier molecular flexibility index (Phi) is 6.18. The second-order valence-electron chi connectivity index (χ2n) is 7.89. The zero-order chi connectivity index (χ0) is 21.8. The van der Waals surface area contributed by atoms with Crippen LogP contribution in [0.3, 0.4) is 0 Å². The molecule has 0 bridgehead atoms. The number of hydrogen-bond acceptors (Lipinski definition) is 6. The molecule has 1 aliphatic heterocycles. The Hall–Kier alpha value is -3.39. The number of aryl methyl sites for hydroxylation is 2. The molecular formula is C23H25N5O3. The van der Waals surface area contributed by atoms with Crippen LogP contribution in [0.15, 0.2) is 54.0 Å². The van der Waals surface area contributed by atoms with Gasteiger partial charge < -0.3 is 14.6 Å². The molecule has 0 saturated carbocycles. The maximum absolute atomic E-state index is 13.1. The van der Waals surface area contributed by atoms with Gasteiger partial charge in [0.25, 0.3) is 11.5 Å². The summed E-state index contributed by atoms with van der Waals surface area (Å²) in [6.45, 7) is 4.87. The molecule has 1 fully saturated rings. The third kappa shape index (κ3) is 4.86. The van der Waals surface area contributed by atoms with Gasteiger partial charge in [0.2, 0.25) is 0 Å². The Morgan fingerprint density at radius 2 is 1.97 bits per heavy atom. The average Bonchev–Trinajstić information content (AvgIpc) is 3.19. The molecule has 31 heavy (non-hydrogen) atoms. The molecular weight excluding hydrogens is 394 g/mol. The fraction of sp³-hybridized carbons (Fsp3) is 0.348. The number of ether oxygens (including phenoxy) is 1. The van der Waals surface area contributed by atoms with Crippen molar-refractivity contribution in [2.24, 2.45) is 5.92 Å². The van der Waals surface area contributed by atoms with Gasteiger partial charge in [-0.2, -0.15) is 0 Å². The van der Waals surface area contributed by atoms with Crippen LogP contribution in [0.1, 0.15) is 32.9 Å². The quantitative estimate of drug-likeness (QED) is 0.653. The van der Waals surface area contributed by atoms with E-state index in [1.165, 1.54) is 4.57 Å². The minimum absolute atomic E-state index is 0.139. The molecule has 0 aliphatic carbocycles. The largest absolute Gasteiger partial charge is 0.379 e. The van der Waals surface area contributed by atoms with E-state index in [0.29, 0.717) is 24.5 Å². The number of amides is 1. The van der Waals surface area contributed by atoms with Crippen LogP contribution < -0.4 is 10.9 Å². The molecule has 0 aromatic carbocycles. The van der Waals surface area contributed by atoms with Gasteiger partial charge in [0.15, 0.2) is 0 Å². The molecule has 3 aromatic heterocycles. The number of carbonyl (C=O) groups excluding carboxylic acids is 1. The molecule has 1 N–H and O–H groups in total. The summed E-state index contributed by atoms with van der Waals surface area (Å²) in [5, 5.41) is 3.02. The van der Waals surface area contributed by atoms with E-state index in [1.54, 1.807) is 44.0 Å². The molecule has 0 radical (unpaired) electrons. The highest BCUT2D eigenvalue weighted by Gasteiger charge is 2.31. The fourth-order valence-corrected chi connectivity index (χ4v) is 3.76. The van der Waals surface area contributed by atoms with E-state index in [-0.39, 0.29) is 35.5 Å². The van der Waals surface area contributed by atoms with Gasteiger partial charge in [-0.15, -0.1) is 0 Å². The standard InChI is InChI=1S/C23H25N5O3/c1-15-5-8-28(12-19-11-25-16(2)10-26-19)23(30)21(15)22(29)27-20-14-31-13-18(20)9-17-3-6-24-7-4-17/h3-8,10-11,18,20H,9,12-14H2,1-2H3,(H,27,29)/t18-,20+/m1/s1. The molecule has 1 amide bonds. The zero-order valence-electron chi connectivity index (χ0n) is 17.6. The van der Waals surface area contributed by atoms with Crippen molar-refractivity contribution in [3.63, 3.8) is 0 Å². The van der Waals surface area contributed by atoms with Crippen LogP contribution in [-0.4, -0.2) is 44.7 Å². The first kappa shape index (κ1) is 20.9. The minimum atomic E-state index is -0.373. The molecule has 4 heterocycles. The molecule has 8 nitrogen and oxygen atoms in total. The van der Waals surface area contributed by atoms with E-state index in [1.807, 2.05) is 19.1 Å². The van der Waals surface area contributed by atoms with E-state index in [2.05, 4.69) is 20.3 Å². The van der Waals surface area contributed by atoms with Gasteiger partial charge in [-0.05, 0) is 49.6 Å². The minimum Gasteiger partial charge on any atom is -0.379 e. The van der Waals surface area contributed by atoms with Crippen molar-refractivity contribution in [3.8, 4) is 0 Å². The van der Waals surface area contributed by atoms with E-state index in [0.717, 1.165) is 17.7 Å². The third-order valence-electron chi connectivity index (χ3n) is 5.53. The van der Waals surface area contributed by atoms with Gasteiger partial charge >= 0.3 is 0 Å². The van der Waals surface area contributed by atoms with Gasteiger partial charge in [-0.25, -0.2) is 0 Å². The Labute approximate surface area is 180 Å². The topological polar surface area (TPSA) is 99.0 Å². The van der Waals surface area contributed by atoms with Crippen molar-refractivity contribution in [3.05, 3.63) is 87.6 Å². The van der Waals surface area contributed by atoms with Crippen LogP contribution in [0.4, 0.5) is 0 Å². The van der Waals surface area contributed by atoms with E-state index >= 15 is 0 Å². The Balaban J connectivity index is 1.51. The van der Waals surface area contributed by atoms with Gasteiger partial charge in [0, 0.05) is 30.7 Å². The second-order valence-corrected chi connectivity index (χ2v) is 7.89. The van der Waals surface area contributed by atoms with Crippen LogP contribution in [-0.2, 0) is 17.7 Å². The van der Waals surface area contributed by atoms with Gasteiger partial charge in [0.05, 0.1) is 43.4 Å². The van der Waals surface area contributed by atoms with Crippen molar-refractivity contribution in [1.82, 2.24) is 24.8 Å². The van der Waals surface area contributed by atoms with Crippen molar-refractivity contribution in [2.45, 2.75) is 32.9 Å². The number of carbonyl (C=O) groups is 1. The molecule has 0 unspecified atom stereocenters. The van der Waals surface area contributed by atoms with Crippen LogP contribution in [0.2, 0.25) is 0 Å². The molecule has 1 aliphatic rings. The van der Waals surface area contributed by atoms with Crippen molar-refractivity contribution in [2.75, 3.05) is 13.2 Å². The third-order valence-corrected chi connectivity index (χ3v) is 5.53. The lowest BCUT2D eigenvalue weighted by Crippen LogP contribution is -2.43. The summed E-state index contributed by atoms with van der Waals surface area (Å²) < 4.78 is 7.11. The summed E-state index contributed by atoms with van der Waals surface area (Å²) in [5.74, 6) is -0.234. The first-order chi connectivity index (χ1) is 15.0. The SMILES string of the molecule is Cc1cnc(Cn2ccc(C)c(C(=O)N[C@H]3COC[C@H]3Cc3ccncc3)c2=O)cn1. The summed E-state index contributed by atoms with van der Waals surface area (Å²) in [6.07, 6.45) is 9.27. The predicted octanol–water partition coefficient (Wildman–Crippen LogP) is 1.69. The summed E-state index contributed by atoms with van der Waals surface area (Å²) in [5.41, 5.74) is 3.05. The van der Waals surface area contributed by atoms with Gasteiger partial charge in [0.1, 0.15) is 5.56 Å². The van der Waals surface area contributed by atoms with Gasteiger partial charge in [-0.3, -0.25) is 24.5 Å². The number of nitrogens with one attached hydrogen (secondary N) is 1. The lowest BCUT2D eigenvalue weighted by molar-refractivity contribution is 0.0922. The number of aromatic nitrogens is 4. The maximum Gasteiger partial charge on any atom is 0.264 e. The Morgan fingerprint density at radius 3 is 2.71 bits per heavy atom. The second kappa shape index (κ2) is 9.18. The summed E-state index contributed by atoms with van der Waals surface area (Å²) in [7, 11) is 0. The number of rotatable bonds is 6. The molecule has 2 atom stereocenters. The highest BCUT2D eigenvalue weighted by atomic mass is 16.5. The van der Waals surface area contributed by atoms with Crippen molar-refractivity contribution < 1.29 is 9.53 Å². The smallest absolute Gasteiger partial charge is 0.264 e. The highest BCUT2D eigenvalue weighted by Crippen LogP contribution is 2.19. The predicted molar refractivity (Wildman–Crippen MR) is 115 cm³/mol. The summed E-state index contributed by atoms with van der Waals surface area (Å²) >= 11 is 0. The van der Waals surface area contributed by atoms with Crippen molar-refractivity contribution in [1.29, 1.82) is 0 Å². The number of pyridine rings is 2. The molecule has 8 heteroatoms. The normalized spacial score (nSPS) is 18.1. The van der Waals surface area contributed by atoms with E-state index in [9.17, 15) is 9.59 Å². The molecule has 4 rings (SSSR count). The van der Waals surface area contributed by atoms with E-state index < -0.39 is 0 Å². The van der Waals surface area contributed by atoms with E-state index in [4.69, 9.17) is 4.74 Å². The summed E-state index contributed by atoms with van der Waals surface area (Å²) in [4.78, 5) is 38.7. The van der Waals surface area contributed by atoms with Crippen LogP contribution in [0.25, 0.3) is 0 Å². The monoisotopic (exact) mass is 419 g/mol. The van der Waals surface area contributed by atoms with Crippen LogP contribution >= 0.6 is 0 Å². The molecule has 1 saturated heterocycles. The number of hydrogen-bond donors (Lipinski definition) is 1. The Bertz CT molecular complexity index is 1110. The molecule has 3 aromatic rings. The molecule has 160 valence electrons. The van der Waals surface area contributed by atoms with Crippen LogP contribution in [0, 0.1) is 19.8 Å². The Morgan fingerprint density at radius 1 is 1.16 bits per heavy atom. The highest BCUT2D eigenvalue weighted by molar-refractivity contribution is 5.95.